The summed E-state index contributed by atoms with van der Waals surface area (Å²) in [5.41, 5.74) is 0.631. The third kappa shape index (κ3) is 3.23. The number of aromatic hydroxyl groups is 1. The van der Waals surface area contributed by atoms with Gasteiger partial charge in [0.05, 0.1) is 23.2 Å². The molecular formula is C22H15FN2O4. The van der Waals surface area contributed by atoms with Crippen LogP contribution in [0, 0.1) is 5.82 Å². The fourth-order valence-corrected chi connectivity index (χ4v) is 3.23. The number of nitrogens with one attached hydrogen (secondary N) is 1. The number of para-hydroxylation sites is 1. The maximum Gasteiger partial charge on any atom is 0.261 e. The van der Waals surface area contributed by atoms with Gasteiger partial charge in [-0.25, -0.2) is 4.39 Å². The average molecular weight is 390 g/mol. The van der Waals surface area contributed by atoms with Gasteiger partial charge in [-0.05, 0) is 36.4 Å². The summed E-state index contributed by atoms with van der Waals surface area (Å²) in [6.07, 6.45) is 0. The first-order valence-electron chi connectivity index (χ1n) is 8.79. The molecule has 0 spiro atoms. The molecule has 1 aliphatic heterocycles. The number of phenolic OH excluding ortho intramolecular Hbond substituents is 1. The fraction of sp³-hybridized carbons (Fsp3) is 0.0455. The minimum Gasteiger partial charge on any atom is -0.507 e. The van der Waals surface area contributed by atoms with E-state index in [-0.39, 0.29) is 40.2 Å². The van der Waals surface area contributed by atoms with Crippen molar-refractivity contribution < 1.29 is 23.9 Å². The number of benzene rings is 3. The lowest BCUT2D eigenvalue weighted by Crippen LogP contribution is -2.30. The van der Waals surface area contributed by atoms with Gasteiger partial charge in [0.15, 0.2) is 0 Å². The lowest BCUT2D eigenvalue weighted by molar-refractivity contribution is 0.0641. The fourth-order valence-electron chi connectivity index (χ4n) is 3.23. The van der Waals surface area contributed by atoms with E-state index in [0.717, 1.165) is 4.90 Å². The van der Waals surface area contributed by atoms with Gasteiger partial charge in [-0.15, -0.1) is 0 Å². The highest BCUT2D eigenvalue weighted by atomic mass is 19.1. The molecule has 0 bridgehead atoms. The summed E-state index contributed by atoms with van der Waals surface area (Å²) in [6.45, 7) is -0.338. The normalized spacial score (nSPS) is 12.8. The minimum atomic E-state index is -0.670. The van der Waals surface area contributed by atoms with Gasteiger partial charge >= 0.3 is 0 Å². The van der Waals surface area contributed by atoms with E-state index >= 15 is 0 Å². The van der Waals surface area contributed by atoms with Crippen LogP contribution in [-0.2, 0) is 6.54 Å². The second kappa shape index (κ2) is 7.20. The molecule has 0 radical (unpaired) electrons. The molecule has 0 aromatic heterocycles. The minimum absolute atomic E-state index is 0.00854. The maximum atomic E-state index is 14.6. The number of hydrogen-bond donors (Lipinski definition) is 2. The Kier molecular flexibility index (Phi) is 4.56. The second-order valence-corrected chi connectivity index (χ2v) is 6.48. The molecule has 1 heterocycles. The number of carbonyl (C=O) groups excluding carboxylic acids is 3. The van der Waals surface area contributed by atoms with Gasteiger partial charge in [-0.2, -0.15) is 0 Å². The summed E-state index contributed by atoms with van der Waals surface area (Å²) >= 11 is 0. The van der Waals surface area contributed by atoms with Gasteiger partial charge in [0, 0.05) is 11.3 Å². The van der Waals surface area contributed by atoms with Crippen molar-refractivity contribution in [2.75, 3.05) is 5.32 Å². The smallest absolute Gasteiger partial charge is 0.261 e. The largest absolute Gasteiger partial charge is 0.507 e. The van der Waals surface area contributed by atoms with Gasteiger partial charge in [0.2, 0.25) is 0 Å². The summed E-state index contributed by atoms with van der Waals surface area (Å²) in [5, 5.41) is 12.4. The summed E-state index contributed by atoms with van der Waals surface area (Å²) in [5.74, 6) is -2.57. The maximum absolute atomic E-state index is 14.6. The Hall–Kier alpha value is -4.00. The highest BCUT2D eigenvalue weighted by Gasteiger charge is 2.36. The van der Waals surface area contributed by atoms with Crippen LogP contribution in [0.3, 0.4) is 0 Å². The molecule has 4 rings (SSSR count). The van der Waals surface area contributed by atoms with E-state index in [1.165, 1.54) is 42.5 Å². The van der Waals surface area contributed by atoms with Crippen molar-refractivity contribution in [1.82, 2.24) is 4.90 Å². The van der Waals surface area contributed by atoms with Crippen LogP contribution in [0.15, 0.2) is 66.7 Å². The summed E-state index contributed by atoms with van der Waals surface area (Å²) in [4.78, 5) is 38.6. The zero-order valence-electron chi connectivity index (χ0n) is 15.1. The first-order chi connectivity index (χ1) is 14.0. The third-order valence-electron chi connectivity index (χ3n) is 4.71. The van der Waals surface area contributed by atoms with E-state index in [1.54, 1.807) is 24.3 Å². The highest BCUT2D eigenvalue weighted by molar-refractivity contribution is 6.21. The Morgan fingerprint density at radius 1 is 0.897 bits per heavy atom. The van der Waals surface area contributed by atoms with Crippen molar-refractivity contribution in [2.45, 2.75) is 6.54 Å². The van der Waals surface area contributed by atoms with E-state index in [0.29, 0.717) is 0 Å². The van der Waals surface area contributed by atoms with Crippen molar-refractivity contribution in [3.63, 3.8) is 0 Å². The zero-order chi connectivity index (χ0) is 20.5. The molecular weight excluding hydrogens is 375 g/mol. The predicted octanol–water partition coefficient (Wildman–Crippen LogP) is 3.58. The van der Waals surface area contributed by atoms with Crippen molar-refractivity contribution in [3.05, 3.63) is 94.8 Å². The number of halogens is 1. The lowest BCUT2D eigenvalue weighted by Gasteiger charge is -2.18. The number of phenols is 1. The number of fused-ring (bicyclic) bond motifs is 1. The topological polar surface area (TPSA) is 86.7 Å². The first-order valence-corrected chi connectivity index (χ1v) is 8.79. The summed E-state index contributed by atoms with van der Waals surface area (Å²) in [7, 11) is 0. The SMILES string of the molecule is O=C(Nc1cccc(F)c1CN1C(=O)c2ccccc2C1=O)c1ccccc1O. The number of imide groups is 1. The molecule has 0 saturated heterocycles. The number of anilines is 1. The molecule has 0 unspecified atom stereocenters. The van der Waals surface area contributed by atoms with Crippen LogP contribution < -0.4 is 5.32 Å². The second-order valence-electron chi connectivity index (χ2n) is 6.48. The molecule has 3 amide bonds. The first kappa shape index (κ1) is 18.4. The van der Waals surface area contributed by atoms with Crippen LogP contribution in [0.1, 0.15) is 36.6 Å². The average Bonchev–Trinajstić information content (AvgIpc) is 2.95. The van der Waals surface area contributed by atoms with Crippen LogP contribution in [0.2, 0.25) is 0 Å². The van der Waals surface area contributed by atoms with Gasteiger partial charge in [0.25, 0.3) is 17.7 Å². The number of carbonyl (C=O) groups is 3. The molecule has 144 valence electrons. The lowest BCUT2D eigenvalue weighted by atomic mass is 10.1. The van der Waals surface area contributed by atoms with E-state index < -0.39 is 23.5 Å². The van der Waals surface area contributed by atoms with Gasteiger partial charge in [-0.3, -0.25) is 19.3 Å². The van der Waals surface area contributed by atoms with E-state index in [9.17, 15) is 23.9 Å². The number of rotatable bonds is 4. The van der Waals surface area contributed by atoms with Crippen LogP contribution in [-0.4, -0.2) is 27.7 Å². The quantitative estimate of drug-likeness (QED) is 0.667. The summed E-state index contributed by atoms with van der Waals surface area (Å²) in [6, 6.07) is 16.4. The molecule has 3 aromatic carbocycles. The van der Waals surface area contributed by atoms with Crippen molar-refractivity contribution in [1.29, 1.82) is 0 Å². The Morgan fingerprint density at radius 2 is 1.52 bits per heavy atom. The third-order valence-corrected chi connectivity index (χ3v) is 4.71. The molecule has 0 aliphatic carbocycles. The number of hydrogen-bond acceptors (Lipinski definition) is 4. The van der Waals surface area contributed by atoms with E-state index in [2.05, 4.69) is 5.32 Å². The summed E-state index contributed by atoms with van der Waals surface area (Å²) < 4.78 is 14.6. The van der Waals surface area contributed by atoms with E-state index in [1.807, 2.05) is 0 Å². The molecule has 0 atom stereocenters. The van der Waals surface area contributed by atoms with Crippen LogP contribution in [0.25, 0.3) is 0 Å². The molecule has 7 heteroatoms. The van der Waals surface area contributed by atoms with Gasteiger partial charge in [-0.1, -0.05) is 30.3 Å². The van der Waals surface area contributed by atoms with E-state index in [4.69, 9.17) is 0 Å². The molecule has 0 fully saturated rings. The molecule has 29 heavy (non-hydrogen) atoms. The van der Waals surface area contributed by atoms with Crippen LogP contribution >= 0.6 is 0 Å². The van der Waals surface area contributed by atoms with Gasteiger partial charge in [0.1, 0.15) is 11.6 Å². The highest BCUT2D eigenvalue weighted by Crippen LogP contribution is 2.28. The van der Waals surface area contributed by atoms with Crippen molar-refractivity contribution in [3.8, 4) is 5.75 Å². The van der Waals surface area contributed by atoms with Crippen molar-refractivity contribution >= 4 is 23.4 Å². The van der Waals surface area contributed by atoms with Crippen molar-refractivity contribution in [2.24, 2.45) is 0 Å². The monoisotopic (exact) mass is 390 g/mol. The van der Waals surface area contributed by atoms with Gasteiger partial charge < -0.3 is 10.4 Å². The molecule has 0 saturated carbocycles. The molecule has 1 aliphatic rings. The number of amides is 3. The Morgan fingerprint density at radius 3 is 2.17 bits per heavy atom. The van der Waals surface area contributed by atoms with Crippen LogP contribution in [0.4, 0.5) is 10.1 Å². The predicted molar refractivity (Wildman–Crippen MR) is 103 cm³/mol. The Labute approximate surface area is 165 Å². The Bertz CT molecular complexity index is 1120. The zero-order valence-corrected chi connectivity index (χ0v) is 15.1. The molecule has 3 aromatic rings. The molecule has 6 nitrogen and oxygen atoms in total. The Balaban J connectivity index is 1.64. The number of nitrogens with zero attached hydrogens (tertiary/aromatic N) is 1. The molecule has 2 N–H and O–H groups in total. The standard InChI is InChI=1S/C22H15FN2O4/c23-17-9-5-10-18(24-20(27)15-8-3-4-11-19(15)26)16(17)12-25-21(28)13-6-1-2-7-14(13)22(25)29/h1-11,26H,12H2,(H,24,27). The van der Waals surface area contributed by atoms with Crippen LogP contribution in [0.5, 0.6) is 5.75 Å².